The molecular weight excluding hydrogens is 348 g/mol. The third-order valence-corrected chi connectivity index (χ3v) is 4.44. The molecule has 0 aliphatic carbocycles. The maximum atomic E-state index is 11.5. The Labute approximate surface area is 137 Å². The molecular formula is C13H17N7O2P2. The molecule has 0 unspecified atom stereocenters. The Bertz CT molecular complexity index is 948. The molecule has 0 fully saturated rings. The summed E-state index contributed by atoms with van der Waals surface area (Å²) < 4.78 is 23.0. The van der Waals surface area contributed by atoms with Crippen molar-refractivity contribution in [1.82, 2.24) is 4.98 Å². The van der Waals surface area contributed by atoms with Crippen LogP contribution in [-0.2, 0) is 9.13 Å². The number of hydrogen-bond acceptors (Lipinski definition) is 3. The first kappa shape index (κ1) is 16.9. The number of nitrogens with zero attached hydrogens (tertiary/aromatic N) is 1. The summed E-state index contributed by atoms with van der Waals surface area (Å²) in [6.07, 6.45) is 0. The summed E-state index contributed by atoms with van der Waals surface area (Å²) in [6, 6.07) is 12.4. The fourth-order valence-corrected chi connectivity index (χ4v) is 3.45. The topological polar surface area (TPSA) is 175 Å². The van der Waals surface area contributed by atoms with Crippen LogP contribution in [0.25, 0.3) is 21.8 Å². The van der Waals surface area contributed by atoms with Crippen LogP contribution in [0.15, 0.2) is 42.5 Å². The van der Waals surface area contributed by atoms with Gasteiger partial charge in [-0.2, -0.15) is 0 Å². The van der Waals surface area contributed by atoms with Crippen LogP contribution >= 0.6 is 15.2 Å². The summed E-state index contributed by atoms with van der Waals surface area (Å²) in [6.45, 7) is 0. The average Bonchev–Trinajstić information content (AvgIpc) is 2.41. The number of benzene rings is 2. The molecule has 1 heterocycles. The maximum absolute atomic E-state index is 11.5. The summed E-state index contributed by atoms with van der Waals surface area (Å²) in [4.78, 5) is 4.54. The lowest BCUT2D eigenvalue weighted by Gasteiger charge is -2.12. The van der Waals surface area contributed by atoms with Crippen LogP contribution in [0.5, 0.6) is 0 Å². The van der Waals surface area contributed by atoms with Gasteiger partial charge in [-0.1, -0.05) is 12.1 Å². The second kappa shape index (κ2) is 5.82. The zero-order chi connectivity index (χ0) is 17.5. The first-order chi connectivity index (χ1) is 11.1. The Kier molecular flexibility index (Phi) is 4.09. The molecule has 0 amide bonds. The third kappa shape index (κ3) is 4.10. The monoisotopic (exact) mass is 365 g/mol. The van der Waals surface area contributed by atoms with E-state index in [4.69, 9.17) is 22.0 Å². The quantitative estimate of drug-likeness (QED) is 0.299. The van der Waals surface area contributed by atoms with Gasteiger partial charge in [-0.25, -0.2) is 4.98 Å². The molecule has 0 spiro atoms. The van der Waals surface area contributed by atoms with Crippen LogP contribution in [0.2, 0.25) is 0 Å². The van der Waals surface area contributed by atoms with Crippen LogP contribution in [0.4, 0.5) is 11.4 Å². The van der Waals surface area contributed by atoms with Gasteiger partial charge in [0.25, 0.3) is 15.2 Å². The number of nitrogens with two attached hydrogens (primary N) is 4. The van der Waals surface area contributed by atoms with E-state index in [1.165, 1.54) is 0 Å². The van der Waals surface area contributed by atoms with Gasteiger partial charge in [-0.3, -0.25) is 31.1 Å². The number of hydrogen-bond donors (Lipinski definition) is 6. The van der Waals surface area contributed by atoms with Crippen molar-refractivity contribution in [3.8, 4) is 0 Å². The fourth-order valence-electron chi connectivity index (χ4n) is 2.37. The molecule has 1 aromatic heterocycles. The molecule has 0 atom stereocenters. The second-order valence-electron chi connectivity index (χ2n) is 5.45. The molecule has 0 aliphatic rings. The minimum Gasteiger partial charge on any atom is -0.313 e. The highest BCUT2D eigenvalue weighted by Crippen LogP contribution is 2.32. The molecule has 24 heavy (non-hydrogen) atoms. The molecule has 11 heteroatoms. The Morgan fingerprint density at radius 3 is 1.50 bits per heavy atom. The standard InChI is InChI=1S/C13H17N7O2P2/c14-23(15,21)19-10-3-1-8-5-9-2-4-11(20-24(16,17)22)7-13(9)18-12(8)6-10/h1-7H,(H5,14,15,19,21)(H5,16,17,20,22). The Morgan fingerprint density at radius 1 is 0.708 bits per heavy atom. The van der Waals surface area contributed by atoms with Crippen molar-refractivity contribution >= 4 is 48.4 Å². The molecule has 0 radical (unpaired) electrons. The number of aromatic nitrogens is 1. The van der Waals surface area contributed by atoms with Gasteiger partial charge in [0.05, 0.1) is 11.0 Å². The Hall–Kier alpha value is -1.99. The summed E-state index contributed by atoms with van der Waals surface area (Å²) in [7, 11) is -6.78. The van der Waals surface area contributed by atoms with E-state index in [2.05, 4.69) is 15.2 Å². The lowest BCUT2D eigenvalue weighted by molar-refractivity contribution is 0.579. The van der Waals surface area contributed by atoms with Crippen LogP contribution in [0.1, 0.15) is 0 Å². The van der Waals surface area contributed by atoms with Gasteiger partial charge in [0.1, 0.15) is 0 Å². The van der Waals surface area contributed by atoms with Crippen molar-refractivity contribution in [2.45, 2.75) is 0 Å². The highest BCUT2D eigenvalue weighted by Gasteiger charge is 2.10. The number of rotatable bonds is 4. The predicted molar refractivity (Wildman–Crippen MR) is 98.5 cm³/mol. The van der Waals surface area contributed by atoms with Crippen molar-refractivity contribution in [2.75, 3.05) is 10.2 Å². The minimum atomic E-state index is -3.39. The molecule has 126 valence electrons. The molecule has 3 rings (SSSR count). The van der Waals surface area contributed by atoms with Gasteiger partial charge in [-0.05, 0) is 30.3 Å². The smallest absolute Gasteiger partial charge is 0.298 e. The number of nitrogens with one attached hydrogen (secondary N) is 2. The highest BCUT2D eigenvalue weighted by atomic mass is 31.2. The summed E-state index contributed by atoms with van der Waals surface area (Å²) in [5, 5.41) is 6.88. The van der Waals surface area contributed by atoms with E-state index < -0.39 is 15.2 Å². The number of pyridine rings is 1. The van der Waals surface area contributed by atoms with E-state index in [0.29, 0.717) is 22.4 Å². The van der Waals surface area contributed by atoms with Gasteiger partial charge in [0, 0.05) is 22.1 Å². The van der Waals surface area contributed by atoms with Crippen LogP contribution < -0.4 is 32.2 Å². The summed E-state index contributed by atoms with van der Waals surface area (Å²) in [5.74, 6) is 0. The van der Waals surface area contributed by atoms with Gasteiger partial charge in [0.2, 0.25) is 0 Å². The van der Waals surface area contributed by atoms with E-state index in [9.17, 15) is 9.13 Å². The van der Waals surface area contributed by atoms with Crippen molar-refractivity contribution in [2.24, 2.45) is 22.0 Å². The van der Waals surface area contributed by atoms with E-state index in [1.807, 2.05) is 18.2 Å². The van der Waals surface area contributed by atoms with Crippen molar-refractivity contribution in [1.29, 1.82) is 0 Å². The largest absolute Gasteiger partial charge is 0.313 e. The van der Waals surface area contributed by atoms with Crippen LogP contribution in [0.3, 0.4) is 0 Å². The molecule has 0 bridgehead atoms. The van der Waals surface area contributed by atoms with E-state index in [1.54, 1.807) is 24.3 Å². The zero-order valence-corrected chi connectivity index (χ0v) is 14.3. The van der Waals surface area contributed by atoms with Crippen molar-refractivity contribution in [3.63, 3.8) is 0 Å². The lowest BCUT2D eigenvalue weighted by Crippen LogP contribution is -2.13. The first-order valence-electron chi connectivity index (χ1n) is 6.85. The zero-order valence-electron chi connectivity index (χ0n) is 12.5. The summed E-state index contributed by atoms with van der Waals surface area (Å²) >= 11 is 0. The van der Waals surface area contributed by atoms with Gasteiger partial charge in [-0.15, -0.1) is 0 Å². The molecule has 0 saturated carbocycles. The fraction of sp³-hybridized carbons (Fsp3) is 0. The predicted octanol–water partition coefficient (Wildman–Crippen LogP) is 2.26. The lowest BCUT2D eigenvalue weighted by atomic mass is 10.1. The molecule has 10 N–H and O–H groups in total. The SMILES string of the molecule is NP(N)(=O)Nc1ccc2cc3ccc(NP(N)(N)=O)cc3nc2c1. The van der Waals surface area contributed by atoms with E-state index >= 15 is 0 Å². The van der Waals surface area contributed by atoms with Gasteiger partial charge in [0.15, 0.2) is 0 Å². The maximum Gasteiger partial charge on any atom is 0.298 e. The summed E-state index contributed by atoms with van der Waals surface area (Å²) in [5.41, 5.74) is 23.6. The molecule has 0 aliphatic heterocycles. The number of fused-ring (bicyclic) bond motifs is 2. The third-order valence-electron chi connectivity index (χ3n) is 3.22. The average molecular weight is 365 g/mol. The van der Waals surface area contributed by atoms with E-state index in [-0.39, 0.29) is 0 Å². The van der Waals surface area contributed by atoms with Crippen LogP contribution in [-0.4, -0.2) is 4.98 Å². The Balaban J connectivity index is 2.08. The van der Waals surface area contributed by atoms with Gasteiger partial charge >= 0.3 is 0 Å². The van der Waals surface area contributed by atoms with E-state index in [0.717, 1.165) is 10.8 Å². The molecule has 3 aromatic rings. The van der Waals surface area contributed by atoms with Crippen molar-refractivity contribution in [3.05, 3.63) is 42.5 Å². The van der Waals surface area contributed by atoms with Gasteiger partial charge < -0.3 is 10.2 Å². The Morgan fingerprint density at radius 2 is 1.12 bits per heavy atom. The molecule has 9 nitrogen and oxygen atoms in total. The minimum absolute atomic E-state index is 0.505. The normalized spacial score (nSPS) is 12.5. The molecule has 2 aromatic carbocycles. The number of anilines is 2. The van der Waals surface area contributed by atoms with Crippen molar-refractivity contribution < 1.29 is 9.13 Å². The molecule has 0 saturated heterocycles. The van der Waals surface area contributed by atoms with Crippen LogP contribution in [0, 0.1) is 0 Å². The first-order valence-corrected chi connectivity index (χ1v) is 10.5. The highest BCUT2D eigenvalue weighted by molar-refractivity contribution is 7.60. The second-order valence-corrected chi connectivity index (χ2v) is 8.73.